The molecule has 0 spiro atoms. The number of fused-ring (bicyclic) bond motifs is 1. The highest BCUT2D eigenvalue weighted by molar-refractivity contribution is 5.96. The molecule has 0 bridgehead atoms. The van der Waals surface area contributed by atoms with Gasteiger partial charge in [0.05, 0.1) is 38.8 Å². The van der Waals surface area contributed by atoms with Crippen LogP contribution in [0.15, 0.2) is 18.3 Å². The zero-order valence-corrected chi connectivity index (χ0v) is 11.5. The van der Waals surface area contributed by atoms with E-state index in [1.807, 2.05) is 0 Å². The molecule has 0 fully saturated rings. The van der Waals surface area contributed by atoms with E-state index in [1.54, 1.807) is 18.3 Å². The summed E-state index contributed by atoms with van der Waals surface area (Å²) in [6.07, 6.45) is 1.37. The van der Waals surface area contributed by atoms with Crippen molar-refractivity contribution < 1.29 is 24.1 Å². The summed E-state index contributed by atoms with van der Waals surface area (Å²) in [5.41, 5.74) is 0.424. The number of methoxy groups -OCH3 is 3. The number of carboxylic acid groups (broad SMARTS) is 1. The molecule has 2 aromatic rings. The smallest absolute Gasteiger partial charge is 0.309 e. The van der Waals surface area contributed by atoms with Crippen LogP contribution in [0.3, 0.4) is 0 Å². The number of hydrogen-bond donors (Lipinski definition) is 1. The molecule has 0 aliphatic rings. The molecule has 0 saturated heterocycles. The highest BCUT2D eigenvalue weighted by Crippen LogP contribution is 2.44. The summed E-state index contributed by atoms with van der Waals surface area (Å²) < 4.78 is 15.9. The molecule has 0 aliphatic heterocycles. The Bertz CT molecular complexity index is 654. The van der Waals surface area contributed by atoms with Crippen LogP contribution in [0.1, 0.15) is 5.69 Å². The Balaban J connectivity index is 2.82. The zero-order valence-electron chi connectivity index (χ0n) is 11.5. The van der Waals surface area contributed by atoms with E-state index in [9.17, 15) is 4.79 Å². The number of carboxylic acids is 1. The maximum absolute atomic E-state index is 11.0. The van der Waals surface area contributed by atoms with Crippen LogP contribution in [0.2, 0.25) is 0 Å². The van der Waals surface area contributed by atoms with Crippen LogP contribution >= 0.6 is 0 Å². The maximum Gasteiger partial charge on any atom is 0.309 e. The molecule has 0 aliphatic carbocycles. The second-order valence-corrected chi connectivity index (χ2v) is 4.07. The lowest BCUT2D eigenvalue weighted by Gasteiger charge is -2.16. The predicted octanol–water partition coefficient (Wildman–Crippen LogP) is 1.89. The number of pyridine rings is 1. The molecule has 106 valence electrons. The zero-order chi connectivity index (χ0) is 14.7. The van der Waals surface area contributed by atoms with Crippen LogP contribution in [-0.4, -0.2) is 37.4 Å². The molecule has 1 aromatic carbocycles. The topological polar surface area (TPSA) is 77.9 Å². The quantitative estimate of drug-likeness (QED) is 0.899. The van der Waals surface area contributed by atoms with Crippen molar-refractivity contribution in [1.29, 1.82) is 0 Å². The van der Waals surface area contributed by atoms with Crippen molar-refractivity contribution in [2.45, 2.75) is 6.42 Å². The number of carbonyl (C=O) groups is 1. The van der Waals surface area contributed by atoms with E-state index in [4.69, 9.17) is 19.3 Å². The summed E-state index contributed by atoms with van der Waals surface area (Å²) in [6.45, 7) is 0. The minimum Gasteiger partial charge on any atom is -0.493 e. The first-order chi connectivity index (χ1) is 9.62. The van der Waals surface area contributed by atoms with Gasteiger partial charge in [-0.25, -0.2) is 0 Å². The standard InChI is InChI=1S/C14H15NO5/c1-18-10-6-8-4-5-15-9(7-11(16)17)12(8)14(20-3)13(10)19-2/h4-6H,7H2,1-3H3,(H,16,17). The Kier molecular flexibility index (Phi) is 3.93. The Labute approximate surface area is 115 Å². The van der Waals surface area contributed by atoms with E-state index in [0.29, 0.717) is 28.3 Å². The van der Waals surface area contributed by atoms with Gasteiger partial charge >= 0.3 is 5.97 Å². The van der Waals surface area contributed by atoms with Crippen LogP contribution < -0.4 is 14.2 Å². The summed E-state index contributed by atoms with van der Waals surface area (Å²) in [4.78, 5) is 15.1. The molecule has 20 heavy (non-hydrogen) atoms. The van der Waals surface area contributed by atoms with E-state index >= 15 is 0 Å². The van der Waals surface area contributed by atoms with Crippen LogP contribution in [0.5, 0.6) is 17.2 Å². The number of nitrogens with zero attached hydrogens (tertiary/aromatic N) is 1. The largest absolute Gasteiger partial charge is 0.493 e. The lowest BCUT2D eigenvalue weighted by Crippen LogP contribution is -2.05. The average molecular weight is 277 g/mol. The number of rotatable bonds is 5. The van der Waals surface area contributed by atoms with Gasteiger partial charge in [-0.3, -0.25) is 9.78 Å². The van der Waals surface area contributed by atoms with Crippen molar-refractivity contribution >= 4 is 16.7 Å². The van der Waals surface area contributed by atoms with Crippen molar-refractivity contribution in [3.8, 4) is 17.2 Å². The summed E-state index contributed by atoms with van der Waals surface area (Å²) in [6, 6.07) is 3.54. The van der Waals surface area contributed by atoms with Crippen LogP contribution in [0.4, 0.5) is 0 Å². The Morgan fingerprint density at radius 3 is 2.45 bits per heavy atom. The third-order valence-corrected chi connectivity index (χ3v) is 2.95. The first-order valence-corrected chi connectivity index (χ1v) is 5.90. The number of aliphatic carboxylic acids is 1. The van der Waals surface area contributed by atoms with Gasteiger partial charge in [-0.15, -0.1) is 0 Å². The molecule has 1 N–H and O–H groups in total. The minimum absolute atomic E-state index is 0.191. The fourth-order valence-corrected chi connectivity index (χ4v) is 2.15. The maximum atomic E-state index is 11.0. The molecule has 0 radical (unpaired) electrons. The van der Waals surface area contributed by atoms with Gasteiger partial charge in [0.25, 0.3) is 0 Å². The average Bonchev–Trinajstić information content (AvgIpc) is 2.44. The molecule has 1 aromatic heterocycles. The molecule has 0 amide bonds. The highest BCUT2D eigenvalue weighted by Gasteiger charge is 2.19. The molecule has 1 heterocycles. The number of benzene rings is 1. The van der Waals surface area contributed by atoms with Gasteiger partial charge in [0.2, 0.25) is 5.75 Å². The summed E-state index contributed by atoms with van der Waals surface area (Å²) >= 11 is 0. The van der Waals surface area contributed by atoms with Gasteiger partial charge in [0.1, 0.15) is 0 Å². The molecule has 6 nitrogen and oxygen atoms in total. The van der Waals surface area contributed by atoms with Gasteiger partial charge in [0, 0.05) is 6.20 Å². The number of aromatic nitrogens is 1. The van der Waals surface area contributed by atoms with Crippen LogP contribution in [0, 0.1) is 0 Å². The molecule has 0 atom stereocenters. The molecule has 6 heteroatoms. The Hall–Kier alpha value is -2.50. The van der Waals surface area contributed by atoms with Gasteiger partial charge < -0.3 is 19.3 Å². The van der Waals surface area contributed by atoms with E-state index in [2.05, 4.69) is 4.98 Å². The fourth-order valence-electron chi connectivity index (χ4n) is 2.15. The van der Waals surface area contributed by atoms with Crippen molar-refractivity contribution in [3.05, 3.63) is 24.0 Å². The van der Waals surface area contributed by atoms with E-state index < -0.39 is 5.97 Å². The summed E-state index contributed by atoms with van der Waals surface area (Å²) in [7, 11) is 4.52. The first-order valence-electron chi connectivity index (χ1n) is 5.90. The van der Waals surface area contributed by atoms with E-state index in [-0.39, 0.29) is 6.42 Å². The monoisotopic (exact) mass is 277 g/mol. The van der Waals surface area contributed by atoms with Crippen molar-refractivity contribution in [2.75, 3.05) is 21.3 Å². The van der Waals surface area contributed by atoms with Crippen LogP contribution in [-0.2, 0) is 11.2 Å². The Morgan fingerprint density at radius 2 is 1.90 bits per heavy atom. The van der Waals surface area contributed by atoms with Crippen molar-refractivity contribution in [1.82, 2.24) is 4.98 Å². The normalized spacial score (nSPS) is 10.3. The molecular weight excluding hydrogens is 262 g/mol. The summed E-state index contributed by atoms with van der Waals surface area (Å²) in [5.74, 6) is 0.402. The van der Waals surface area contributed by atoms with Crippen molar-refractivity contribution in [2.24, 2.45) is 0 Å². The molecule has 0 unspecified atom stereocenters. The first kappa shape index (κ1) is 13.9. The fraction of sp³-hybridized carbons (Fsp3) is 0.286. The highest BCUT2D eigenvalue weighted by atomic mass is 16.5. The second-order valence-electron chi connectivity index (χ2n) is 4.07. The number of ether oxygens (including phenoxy) is 3. The van der Waals surface area contributed by atoms with Gasteiger partial charge in [-0.2, -0.15) is 0 Å². The molecule has 0 saturated carbocycles. The van der Waals surface area contributed by atoms with Gasteiger partial charge in [-0.05, 0) is 17.5 Å². The minimum atomic E-state index is -0.957. The Morgan fingerprint density at radius 1 is 1.20 bits per heavy atom. The molecular formula is C14H15NO5. The summed E-state index contributed by atoms with van der Waals surface area (Å²) in [5, 5.41) is 10.4. The lowest BCUT2D eigenvalue weighted by molar-refractivity contribution is -0.136. The van der Waals surface area contributed by atoms with Gasteiger partial charge in [0.15, 0.2) is 11.5 Å². The van der Waals surface area contributed by atoms with E-state index in [0.717, 1.165) is 5.39 Å². The van der Waals surface area contributed by atoms with Crippen molar-refractivity contribution in [3.63, 3.8) is 0 Å². The van der Waals surface area contributed by atoms with Gasteiger partial charge in [-0.1, -0.05) is 0 Å². The molecule has 2 rings (SSSR count). The van der Waals surface area contributed by atoms with E-state index in [1.165, 1.54) is 21.3 Å². The SMILES string of the molecule is COc1cc2ccnc(CC(=O)O)c2c(OC)c1OC. The number of hydrogen-bond acceptors (Lipinski definition) is 5. The predicted molar refractivity (Wildman–Crippen MR) is 72.7 cm³/mol. The lowest BCUT2D eigenvalue weighted by atomic mass is 10.1. The third kappa shape index (κ3) is 2.32. The third-order valence-electron chi connectivity index (χ3n) is 2.95. The van der Waals surface area contributed by atoms with Crippen LogP contribution in [0.25, 0.3) is 10.8 Å². The second kappa shape index (κ2) is 5.64.